The summed E-state index contributed by atoms with van der Waals surface area (Å²) in [6, 6.07) is 13.5. The van der Waals surface area contributed by atoms with Gasteiger partial charge in [0.1, 0.15) is 0 Å². The minimum absolute atomic E-state index is 0.0744. The first kappa shape index (κ1) is 18.4. The molecule has 1 unspecified atom stereocenters. The molecule has 0 fully saturated rings. The van der Waals surface area contributed by atoms with Gasteiger partial charge in [-0.15, -0.1) is 0 Å². The van der Waals surface area contributed by atoms with E-state index in [9.17, 15) is 9.90 Å². The first-order valence-electron chi connectivity index (χ1n) is 7.89. The molecule has 1 aromatic heterocycles. The van der Waals surface area contributed by atoms with Crippen LogP contribution in [0, 0.1) is 0 Å². The van der Waals surface area contributed by atoms with Gasteiger partial charge in [0.25, 0.3) is 0 Å². The lowest BCUT2D eigenvalue weighted by Gasteiger charge is -2.28. The van der Waals surface area contributed by atoms with E-state index in [1.54, 1.807) is 18.3 Å². The molecule has 1 atom stereocenters. The second-order valence-electron chi connectivity index (χ2n) is 5.64. The predicted molar refractivity (Wildman–Crippen MR) is 95.9 cm³/mol. The van der Waals surface area contributed by atoms with Gasteiger partial charge < -0.3 is 10.4 Å². The number of amides is 1. The Hall–Kier alpha value is -1.95. The number of hydrogen-bond acceptors (Lipinski definition) is 4. The van der Waals surface area contributed by atoms with E-state index in [4.69, 9.17) is 11.6 Å². The normalized spacial score (nSPS) is 12.2. The zero-order valence-electron chi connectivity index (χ0n) is 13.7. The number of rotatable bonds is 8. The van der Waals surface area contributed by atoms with Crippen molar-refractivity contribution >= 4 is 23.2 Å². The average Bonchev–Trinajstić information content (AvgIpc) is 2.57. The van der Waals surface area contributed by atoms with Crippen LogP contribution in [0.25, 0.3) is 0 Å². The van der Waals surface area contributed by atoms with Crippen molar-refractivity contribution in [1.29, 1.82) is 0 Å². The van der Waals surface area contributed by atoms with E-state index in [2.05, 4.69) is 10.3 Å². The van der Waals surface area contributed by atoms with Crippen LogP contribution in [0.2, 0.25) is 5.15 Å². The summed E-state index contributed by atoms with van der Waals surface area (Å²) in [7, 11) is 0. The number of hydrogen-bond donors (Lipinski definition) is 2. The zero-order chi connectivity index (χ0) is 17.4. The van der Waals surface area contributed by atoms with Crippen LogP contribution in [0.1, 0.15) is 18.9 Å². The number of carbonyl (C=O) groups is 1. The molecule has 0 saturated carbocycles. The van der Waals surface area contributed by atoms with Gasteiger partial charge in [0.05, 0.1) is 12.2 Å². The smallest absolute Gasteiger partial charge is 0.238 e. The summed E-state index contributed by atoms with van der Waals surface area (Å²) >= 11 is 5.97. The Morgan fingerprint density at radius 2 is 2.04 bits per heavy atom. The third-order valence-electron chi connectivity index (χ3n) is 3.78. The van der Waals surface area contributed by atoms with Gasteiger partial charge in [0.2, 0.25) is 5.91 Å². The van der Waals surface area contributed by atoms with Crippen LogP contribution in [0.4, 0.5) is 5.69 Å². The molecule has 0 radical (unpaired) electrons. The SMILES string of the molecule is CC(CCO)N(CC(=O)Nc1cccnc1Cl)Cc1ccccc1. The molecule has 0 bridgehead atoms. The third-order valence-corrected chi connectivity index (χ3v) is 4.08. The van der Waals surface area contributed by atoms with Gasteiger partial charge in [-0.25, -0.2) is 4.98 Å². The number of nitrogens with zero attached hydrogens (tertiary/aromatic N) is 2. The maximum Gasteiger partial charge on any atom is 0.238 e. The van der Waals surface area contributed by atoms with Gasteiger partial charge in [-0.05, 0) is 31.0 Å². The monoisotopic (exact) mass is 347 g/mol. The summed E-state index contributed by atoms with van der Waals surface area (Å²) in [6.07, 6.45) is 2.18. The van der Waals surface area contributed by atoms with E-state index in [1.165, 1.54) is 0 Å². The Bertz CT molecular complexity index is 652. The van der Waals surface area contributed by atoms with E-state index in [-0.39, 0.29) is 30.3 Å². The highest BCUT2D eigenvalue weighted by Gasteiger charge is 2.18. The molecule has 24 heavy (non-hydrogen) atoms. The number of aliphatic hydroxyl groups is 1. The quantitative estimate of drug-likeness (QED) is 0.720. The van der Waals surface area contributed by atoms with E-state index < -0.39 is 0 Å². The highest BCUT2D eigenvalue weighted by atomic mass is 35.5. The summed E-state index contributed by atoms with van der Waals surface area (Å²) < 4.78 is 0. The zero-order valence-corrected chi connectivity index (χ0v) is 14.4. The number of aromatic nitrogens is 1. The summed E-state index contributed by atoms with van der Waals surface area (Å²) in [6.45, 7) is 2.93. The maximum absolute atomic E-state index is 12.4. The Labute approximate surface area is 147 Å². The second kappa shape index (κ2) is 9.37. The van der Waals surface area contributed by atoms with Crippen LogP contribution in [0.3, 0.4) is 0 Å². The molecule has 5 nitrogen and oxygen atoms in total. The van der Waals surface area contributed by atoms with E-state index >= 15 is 0 Å². The standard InChI is InChI=1S/C18H22ClN3O2/c1-14(9-11-23)22(12-15-6-3-2-4-7-15)13-17(24)21-16-8-5-10-20-18(16)19/h2-8,10,14,23H,9,11-13H2,1H3,(H,21,24). The van der Waals surface area contributed by atoms with Crippen molar-refractivity contribution in [3.63, 3.8) is 0 Å². The van der Waals surface area contributed by atoms with Crippen molar-refractivity contribution in [1.82, 2.24) is 9.88 Å². The number of aliphatic hydroxyl groups excluding tert-OH is 1. The first-order chi connectivity index (χ1) is 11.6. The molecule has 0 aliphatic heterocycles. The van der Waals surface area contributed by atoms with Gasteiger partial charge in [-0.2, -0.15) is 0 Å². The van der Waals surface area contributed by atoms with Crippen molar-refractivity contribution in [2.24, 2.45) is 0 Å². The van der Waals surface area contributed by atoms with Crippen LogP contribution in [-0.2, 0) is 11.3 Å². The third kappa shape index (κ3) is 5.60. The molecule has 2 rings (SSSR count). The largest absolute Gasteiger partial charge is 0.396 e. The van der Waals surface area contributed by atoms with Crippen LogP contribution >= 0.6 is 11.6 Å². The number of anilines is 1. The molecule has 2 N–H and O–H groups in total. The van der Waals surface area contributed by atoms with Crippen molar-refractivity contribution < 1.29 is 9.90 Å². The van der Waals surface area contributed by atoms with E-state index in [1.807, 2.05) is 42.2 Å². The predicted octanol–water partition coefficient (Wildman–Crippen LogP) is 2.95. The maximum atomic E-state index is 12.4. The Kier molecular flexibility index (Phi) is 7.18. The first-order valence-corrected chi connectivity index (χ1v) is 8.27. The van der Waals surface area contributed by atoms with E-state index in [0.717, 1.165) is 5.56 Å². The number of benzene rings is 1. The topological polar surface area (TPSA) is 65.5 Å². The number of nitrogens with one attached hydrogen (secondary N) is 1. The summed E-state index contributed by atoms with van der Waals surface area (Å²) in [5, 5.41) is 12.3. The average molecular weight is 348 g/mol. The lowest BCUT2D eigenvalue weighted by molar-refractivity contribution is -0.118. The van der Waals surface area contributed by atoms with Gasteiger partial charge in [0, 0.05) is 25.4 Å². The summed E-state index contributed by atoms with van der Waals surface area (Å²) in [5.41, 5.74) is 1.62. The Morgan fingerprint density at radius 1 is 1.29 bits per heavy atom. The van der Waals surface area contributed by atoms with Gasteiger partial charge in [0.15, 0.2) is 5.15 Å². The Morgan fingerprint density at radius 3 is 2.71 bits per heavy atom. The van der Waals surface area contributed by atoms with Gasteiger partial charge in [-0.1, -0.05) is 41.9 Å². The molecule has 1 aromatic carbocycles. The molecule has 128 valence electrons. The van der Waals surface area contributed by atoms with Gasteiger partial charge >= 0.3 is 0 Å². The second-order valence-corrected chi connectivity index (χ2v) is 6.00. The van der Waals surface area contributed by atoms with Crippen LogP contribution in [0.5, 0.6) is 0 Å². The molecule has 6 heteroatoms. The fourth-order valence-corrected chi connectivity index (χ4v) is 2.57. The van der Waals surface area contributed by atoms with Crippen molar-refractivity contribution in [3.8, 4) is 0 Å². The highest BCUT2D eigenvalue weighted by molar-refractivity contribution is 6.32. The molecule has 1 amide bonds. The van der Waals surface area contributed by atoms with Crippen LogP contribution < -0.4 is 5.32 Å². The summed E-state index contributed by atoms with van der Waals surface area (Å²) in [4.78, 5) is 18.4. The molecular weight excluding hydrogens is 326 g/mol. The molecule has 0 saturated heterocycles. The van der Waals surface area contributed by atoms with Crippen LogP contribution in [-0.4, -0.2) is 40.1 Å². The Balaban J connectivity index is 2.04. The molecular formula is C18H22ClN3O2. The molecule has 2 aromatic rings. The van der Waals surface area contributed by atoms with Gasteiger partial charge in [-0.3, -0.25) is 9.69 Å². The minimum atomic E-state index is -0.161. The van der Waals surface area contributed by atoms with Crippen molar-refractivity contribution in [3.05, 3.63) is 59.4 Å². The lowest BCUT2D eigenvalue weighted by atomic mass is 10.1. The van der Waals surface area contributed by atoms with Crippen molar-refractivity contribution in [2.45, 2.75) is 25.9 Å². The summed E-state index contributed by atoms with van der Waals surface area (Å²) in [5.74, 6) is -0.161. The highest BCUT2D eigenvalue weighted by Crippen LogP contribution is 2.18. The van der Waals surface area contributed by atoms with E-state index in [0.29, 0.717) is 18.7 Å². The minimum Gasteiger partial charge on any atom is -0.396 e. The number of halogens is 1. The fourth-order valence-electron chi connectivity index (χ4n) is 2.41. The fraction of sp³-hybridized carbons (Fsp3) is 0.333. The van der Waals surface area contributed by atoms with Crippen molar-refractivity contribution in [2.75, 3.05) is 18.5 Å². The lowest BCUT2D eigenvalue weighted by Crippen LogP contribution is -2.39. The van der Waals surface area contributed by atoms with Crippen LogP contribution in [0.15, 0.2) is 48.7 Å². The number of carbonyl (C=O) groups excluding carboxylic acids is 1. The number of pyridine rings is 1. The molecule has 0 aliphatic rings. The molecule has 0 aliphatic carbocycles. The molecule has 0 spiro atoms. The molecule has 1 heterocycles.